The molecular formula is C18H22N2O3. The molecule has 0 saturated heterocycles. The van der Waals surface area contributed by atoms with Crippen molar-refractivity contribution in [3.63, 3.8) is 0 Å². The van der Waals surface area contributed by atoms with E-state index in [0.29, 0.717) is 30.9 Å². The van der Waals surface area contributed by atoms with Crippen molar-refractivity contribution in [1.29, 1.82) is 0 Å². The Morgan fingerprint density at radius 2 is 1.61 bits per heavy atom. The third kappa shape index (κ3) is 4.29. The van der Waals surface area contributed by atoms with Gasteiger partial charge in [-0.2, -0.15) is 0 Å². The standard InChI is InChI=1S/C18H22N2O3/c1-3-9-23-10-8-20-18(22)16-12-14-7-5-4-6-13(14)11-15(16)17(21)19-2/h4-7,11-12H,3,8-10H2,1-2H3,(H,19,21)(H,20,22). The Balaban J connectivity index is 2.22. The summed E-state index contributed by atoms with van der Waals surface area (Å²) in [5, 5.41) is 7.23. The summed E-state index contributed by atoms with van der Waals surface area (Å²) in [7, 11) is 1.55. The molecule has 2 rings (SSSR count). The molecule has 0 fully saturated rings. The molecule has 2 aromatic rings. The Morgan fingerprint density at radius 1 is 1.00 bits per heavy atom. The van der Waals surface area contributed by atoms with Crippen molar-refractivity contribution in [2.75, 3.05) is 26.8 Å². The minimum Gasteiger partial charge on any atom is -0.380 e. The van der Waals surface area contributed by atoms with Crippen LogP contribution in [-0.4, -0.2) is 38.6 Å². The molecule has 2 amide bonds. The summed E-state index contributed by atoms with van der Waals surface area (Å²) in [6.07, 6.45) is 0.944. The SMILES string of the molecule is CCCOCCNC(=O)c1cc2ccccc2cc1C(=O)NC. The average molecular weight is 314 g/mol. The number of ether oxygens (including phenoxy) is 1. The maximum absolute atomic E-state index is 12.4. The van der Waals surface area contributed by atoms with Gasteiger partial charge >= 0.3 is 0 Å². The minimum absolute atomic E-state index is 0.269. The summed E-state index contributed by atoms with van der Waals surface area (Å²) in [4.78, 5) is 24.5. The fourth-order valence-electron chi connectivity index (χ4n) is 2.33. The second-order valence-electron chi connectivity index (χ2n) is 5.19. The predicted molar refractivity (Wildman–Crippen MR) is 90.8 cm³/mol. The quantitative estimate of drug-likeness (QED) is 0.771. The first-order valence-electron chi connectivity index (χ1n) is 7.78. The van der Waals surface area contributed by atoms with E-state index in [2.05, 4.69) is 10.6 Å². The summed E-state index contributed by atoms with van der Waals surface area (Å²) in [6, 6.07) is 11.1. The van der Waals surface area contributed by atoms with E-state index < -0.39 is 0 Å². The van der Waals surface area contributed by atoms with E-state index in [1.54, 1.807) is 19.2 Å². The van der Waals surface area contributed by atoms with Crippen LogP contribution >= 0.6 is 0 Å². The lowest BCUT2D eigenvalue weighted by atomic mass is 9.99. The highest BCUT2D eigenvalue weighted by Crippen LogP contribution is 2.20. The van der Waals surface area contributed by atoms with E-state index in [1.165, 1.54) is 0 Å². The van der Waals surface area contributed by atoms with Crippen molar-refractivity contribution < 1.29 is 14.3 Å². The Labute approximate surface area is 136 Å². The van der Waals surface area contributed by atoms with Gasteiger partial charge in [-0.1, -0.05) is 31.2 Å². The summed E-state index contributed by atoms with van der Waals surface area (Å²) in [6.45, 7) is 3.58. The van der Waals surface area contributed by atoms with Crippen molar-refractivity contribution in [1.82, 2.24) is 10.6 Å². The first-order valence-corrected chi connectivity index (χ1v) is 7.78. The lowest BCUT2D eigenvalue weighted by Gasteiger charge is -2.11. The van der Waals surface area contributed by atoms with Gasteiger partial charge in [0, 0.05) is 20.2 Å². The van der Waals surface area contributed by atoms with Gasteiger partial charge in [0.05, 0.1) is 17.7 Å². The summed E-state index contributed by atoms with van der Waals surface area (Å²) in [5.74, 6) is -0.544. The number of fused-ring (bicyclic) bond motifs is 1. The molecule has 0 atom stereocenters. The fourth-order valence-corrected chi connectivity index (χ4v) is 2.33. The molecular weight excluding hydrogens is 292 g/mol. The molecule has 5 nitrogen and oxygen atoms in total. The van der Waals surface area contributed by atoms with Gasteiger partial charge in [-0.15, -0.1) is 0 Å². The highest BCUT2D eigenvalue weighted by atomic mass is 16.5. The molecule has 0 aliphatic carbocycles. The number of hydrogen-bond acceptors (Lipinski definition) is 3. The second kappa shape index (κ2) is 8.29. The summed E-state index contributed by atoms with van der Waals surface area (Å²) < 4.78 is 5.34. The monoisotopic (exact) mass is 314 g/mol. The molecule has 5 heteroatoms. The van der Waals surface area contributed by atoms with Crippen molar-refractivity contribution in [3.05, 3.63) is 47.5 Å². The van der Waals surface area contributed by atoms with Crippen LogP contribution in [0.1, 0.15) is 34.1 Å². The summed E-state index contributed by atoms with van der Waals surface area (Å²) in [5.41, 5.74) is 0.747. The molecule has 0 radical (unpaired) electrons. The van der Waals surface area contributed by atoms with Gasteiger partial charge in [0.1, 0.15) is 0 Å². The number of carbonyl (C=O) groups excluding carboxylic acids is 2. The zero-order valence-electron chi connectivity index (χ0n) is 13.5. The van der Waals surface area contributed by atoms with E-state index >= 15 is 0 Å². The predicted octanol–water partition coefficient (Wildman–Crippen LogP) is 2.36. The van der Waals surface area contributed by atoms with Crippen molar-refractivity contribution in [2.45, 2.75) is 13.3 Å². The highest BCUT2D eigenvalue weighted by Gasteiger charge is 2.17. The van der Waals surface area contributed by atoms with Crippen LogP contribution in [0.2, 0.25) is 0 Å². The third-order valence-corrected chi connectivity index (χ3v) is 3.48. The topological polar surface area (TPSA) is 67.4 Å². The Kier molecular flexibility index (Phi) is 6.11. The molecule has 0 saturated carbocycles. The molecule has 122 valence electrons. The number of hydrogen-bond donors (Lipinski definition) is 2. The molecule has 23 heavy (non-hydrogen) atoms. The van der Waals surface area contributed by atoms with Gasteiger partial charge in [0.25, 0.3) is 11.8 Å². The van der Waals surface area contributed by atoms with Crippen molar-refractivity contribution in [3.8, 4) is 0 Å². The maximum Gasteiger partial charge on any atom is 0.252 e. The number of rotatable bonds is 7. The van der Waals surface area contributed by atoms with E-state index in [-0.39, 0.29) is 11.8 Å². The number of carbonyl (C=O) groups is 2. The van der Waals surface area contributed by atoms with E-state index in [1.807, 2.05) is 31.2 Å². The average Bonchev–Trinajstić information content (AvgIpc) is 2.59. The summed E-state index contributed by atoms with van der Waals surface area (Å²) >= 11 is 0. The maximum atomic E-state index is 12.4. The first kappa shape index (κ1) is 17.0. The number of nitrogens with one attached hydrogen (secondary N) is 2. The van der Waals surface area contributed by atoms with Crippen LogP contribution in [0.25, 0.3) is 10.8 Å². The van der Waals surface area contributed by atoms with Gasteiger partial charge in [0.15, 0.2) is 0 Å². The Morgan fingerprint density at radius 3 is 2.17 bits per heavy atom. The van der Waals surface area contributed by atoms with Crippen LogP contribution in [0.4, 0.5) is 0 Å². The van der Waals surface area contributed by atoms with Crippen LogP contribution in [0, 0.1) is 0 Å². The largest absolute Gasteiger partial charge is 0.380 e. The van der Waals surface area contributed by atoms with Gasteiger partial charge in [-0.3, -0.25) is 9.59 Å². The van der Waals surface area contributed by atoms with E-state index in [4.69, 9.17) is 4.74 Å². The fraction of sp³-hybridized carbons (Fsp3) is 0.333. The van der Waals surface area contributed by atoms with Gasteiger partial charge in [-0.05, 0) is 29.3 Å². The normalized spacial score (nSPS) is 10.5. The lowest BCUT2D eigenvalue weighted by Crippen LogP contribution is -2.30. The molecule has 0 bridgehead atoms. The van der Waals surface area contributed by atoms with Crippen LogP contribution < -0.4 is 10.6 Å². The molecule has 0 aliphatic rings. The van der Waals surface area contributed by atoms with Crippen LogP contribution in [0.5, 0.6) is 0 Å². The van der Waals surface area contributed by atoms with Crippen LogP contribution in [0.3, 0.4) is 0 Å². The Bertz CT molecular complexity index is 698. The smallest absolute Gasteiger partial charge is 0.252 e. The zero-order valence-corrected chi connectivity index (χ0v) is 13.5. The molecule has 0 unspecified atom stereocenters. The number of benzene rings is 2. The molecule has 0 spiro atoms. The van der Waals surface area contributed by atoms with E-state index in [0.717, 1.165) is 17.2 Å². The third-order valence-electron chi connectivity index (χ3n) is 3.48. The molecule has 2 N–H and O–H groups in total. The molecule has 2 aromatic carbocycles. The minimum atomic E-state index is -0.275. The van der Waals surface area contributed by atoms with Gasteiger partial charge in [0.2, 0.25) is 0 Å². The molecule has 0 heterocycles. The lowest BCUT2D eigenvalue weighted by molar-refractivity contribution is 0.0899. The van der Waals surface area contributed by atoms with Crippen molar-refractivity contribution >= 4 is 22.6 Å². The van der Waals surface area contributed by atoms with Crippen LogP contribution in [-0.2, 0) is 4.74 Å². The second-order valence-corrected chi connectivity index (χ2v) is 5.19. The van der Waals surface area contributed by atoms with Gasteiger partial charge < -0.3 is 15.4 Å². The molecule has 0 aliphatic heterocycles. The highest BCUT2D eigenvalue weighted by molar-refractivity contribution is 6.10. The number of amides is 2. The van der Waals surface area contributed by atoms with Crippen LogP contribution in [0.15, 0.2) is 36.4 Å². The first-order chi connectivity index (χ1) is 11.2. The molecule has 0 aromatic heterocycles. The Hall–Kier alpha value is -2.40. The van der Waals surface area contributed by atoms with Gasteiger partial charge in [-0.25, -0.2) is 0 Å². The van der Waals surface area contributed by atoms with E-state index in [9.17, 15) is 9.59 Å². The zero-order chi connectivity index (χ0) is 16.7. The van der Waals surface area contributed by atoms with Crippen molar-refractivity contribution in [2.24, 2.45) is 0 Å².